The lowest BCUT2D eigenvalue weighted by atomic mass is 10.4. The summed E-state index contributed by atoms with van der Waals surface area (Å²) < 4.78 is 40.9. The molecule has 0 amide bonds. The van der Waals surface area contributed by atoms with E-state index in [1.165, 1.54) is 0 Å². The second kappa shape index (κ2) is 16.4. The molecule has 0 spiro atoms. The van der Waals surface area contributed by atoms with Gasteiger partial charge in [-0.15, -0.1) is 39.5 Å². The molecule has 3 rings (SSSR count). The maximum atomic E-state index is 6.95. The van der Waals surface area contributed by atoms with Crippen molar-refractivity contribution < 1.29 is 25.3 Å². The molecule has 0 aromatic heterocycles. The molecule has 1 fully saturated rings. The van der Waals surface area contributed by atoms with Crippen molar-refractivity contribution in [2.45, 2.75) is 51.1 Å². The van der Waals surface area contributed by atoms with E-state index in [-0.39, 0.29) is 0 Å². The highest BCUT2D eigenvalue weighted by Crippen LogP contribution is 2.36. The number of benzene rings is 2. The van der Waals surface area contributed by atoms with Gasteiger partial charge in [0.2, 0.25) is 0 Å². The van der Waals surface area contributed by atoms with Gasteiger partial charge in [0, 0.05) is 13.2 Å². The first-order chi connectivity index (χ1) is 21.8. The predicted molar refractivity (Wildman–Crippen MR) is 206 cm³/mol. The summed E-state index contributed by atoms with van der Waals surface area (Å²) in [6.07, 6.45) is 1.50. The van der Waals surface area contributed by atoms with Crippen LogP contribution in [-0.4, -0.2) is 64.1 Å². The summed E-state index contributed by atoms with van der Waals surface area (Å²) in [7, 11) is -16.4. The van der Waals surface area contributed by atoms with Gasteiger partial charge in [-0.25, -0.2) is 0 Å². The van der Waals surface area contributed by atoms with Crippen molar-refractivity contribution in [1.29, 1.82) is 0 Å². The molecule has 0 bridgehead atoms. The lowest BCUT2D eigenvalue weighted by molar-refractivity contribution is 0.229. The minimum Gasteiger partial charge on any atom is -0.413 e. The Morgan fingerprint density at radius 3 is 1.11 bits per heavy atom. The van der Waals surface area contributed by atoms with Crippen molar-refractivity contribution in [3.63, 3.8) is 0 Å². The number of hydrogen-bond acceptors (Lipinski definition) is 6. The fraction of sp³-hybridized carbons (Fsp3) is 0.294. The minimum atomic E-state index is -2.87. The average Bonchev–Trinajstić information content (AvgIpc) is 3.05. The summed E-state index contributed by atoms with van der Waals surface area (Å²) in [5, 5.41) is 2.25. The Labute approximate surface area is 284 Å². The Morgan fingerprint density at radius 1 is 0.543 bits per heavy atom. The molecule has 0 N–H and O–H groups in total. The van der Waals surface area contributed by atoms with Gasteiger partial charge in [-0.05, 0) is 61.5 Å². The first-order valence-corrected chi connectivity index (χ1v) is 29.8. The second-order valence-corrected chi connectivity index (χ2v) is 32.4. The van der Waals surface area contributed by atoms with Crippen LogP contribution < -0.4 is 10.4 Å². The van der Waals surface area contributed by atoms with E-state index >= 15 is 0 Å². The SMILES string of the molecule is C=C[Si]1(C)O[Si](C)(CCCO[Si](C=C)(C=C)c2ccccc2)O[Si](C)(C=C)O[Si](C)(CCCO[Si](C=C)(C=C)c2ccccc2)O1. The van der Waals surface area contributed by atoms with Gasteiger partial charge in [-0.1, -0.05) is 94.9 Å². The van der Waals surface area contributed by atoms with Crippen molar-refractivity contribution in [3.05, 3.63) is 134 Å². The Kier molecular flexibility index (Phi) is 13.7. The molecule has 46 heavy (non-hydrogen) atoms. The minimum absolute atomic E-state index is 0.532. The van der Waals surface area contributed by atoms with E-state index in [4.69, 9.17) is 25.3 Å². The summed E-state index contributed by atoms with van der Waals surface area (Å²) in [4.78, 5) is 0. The van der Waals surface area contributed by atoms with Gasteiger partial charge in [0.15, 0.2) is 0 Å². The van der Waals surface area contributed by atoms with E-state index in [0.717, 1.165) is 23.2 Å². The zero-order chi connectivity index (χ0) is 34.0. The standard InChI is InChI=1S/C34H52O6Si6/c1-11-41(7)37-43(9,31-23-29-35-45(13-3,14-4)33-25-19-17-20-26-33)39-42(8,12-2)40-44(10,38-41)32-24-30-36-46(15-5,16-6)34-27-21-18-22-28-34/h11-22,25-28H,1-6,23-24,29-32H2,7-10H3. The Bertz CT molecular complexity index is 1220. The predicted octanol–water partition coefficient (Wildman–Crippen LogP) is 7.22. The highest BCUT2D eigenvalue weighted by atomic mass is 28.5. The molecule has 0 atom stereocenters. The summed E-state index contributed by atoms with van der Waals surface area (Å²) in [5.41, 5.74) is 11.4. The van der Waals surface area contributed by atoms with Crippen LogP contribution in [0.25, 0.3) is 0 Å². The Balaban J connectivity index is 1.71. The average molecular weight is 725 g/mol. The molecule has 1 aliphatic heterocycles. The molecule has 12 heteroatoms. The van der Waals surface area contributed by atoms with Crippen LogP contribution in [-0.2, 0) is 25.3 Å². The smallest absolute Gasteiger partial charge is 0.343 e. The highest BCUT2D eigenvalue weighted by molar-refractivity contribution is 6.97. The van der Waals surface area contributed by atoms with Crippen LogP contribution in [0.3, 0.4) is 0 Å². The van der Waals surface area contributed by atoms with E-state index in [0.29, 0.717) is 25.3 Å². The Morgan fingerprint density at radius 2 is 0.848 bits per heavy atom. The van der Waals surface area contributed by atoms with Gasteiger partial charge in [-0.2, -0.15) is 0 Å². The molecule has 0 aliphatic carbocycles. The maximum Gasteiger partial charge on any atom is 0.343 e. The highest BCUT2D eigenvalue weighted by Gasteiger charge is 2.55. The van der Waals surface area contributed by atoms with Crippen LogP contribution in [0.5, 0.6) is 0 Å². The maximum absolute atomic E-state index is 6.95. The molecule has 0 radical (unpaired) electrons. The van der Waals surface area contributed by atoms with Gasteiger partial charge in [-0.3, -0.25) is 0 Å². The first-order valence-electron chi connectivity index (χ1n) is 15.8. The van der Waals surface area contributed by atoms with Crippen molar-refractivity contribution in [2.75, 3.05) is 13.2 Å². The second-order valence-electron chi connectivity index (χ2n) is 12.2. The summed E-state index contributed by atoms with van der Waals surface area (Å²) in [6, 6.07) is 21.8. The molecule has 0 unspecified atom stereocenters. The van der Waals surface area contributed by atoms with E-state index in [1.807, 2.05) is 83.7 Å². The normalized spacial score (nSPS) is 27.0. The third kappa shape index (κ3) is 9.52. The molecule has 1 saturated heterocycles. The first kappa shape index (κ1) is 38.4. The van der Waals surface area contributed by atoms with Gasteiger partial charge < -0.3 is 25.3 Å². The molecule has 1 aliphatic rings. The molecule has 2 aromatic rings. The zero-order valence-electron chi connectivity index (χ0n) is 28.2. The van der Waals surface area contributed by atoms with E-state index in [1.54, 1.807) is 0 Å². The van der Waals surface area contributed by atoms with Crippen LogP contribution in [0.4, 0.5) is 0 Å². The van der Waals surface area contributed by atoms with Crippen LogP contribution in [0.1, 0.15) is 12.8 Å². The van der Waals surface area contributed by atoms with E-state index in [2.05, 4.69) is 76.8 Å². The zero-order valence-corrected chi connectivity index (χ0v) is 34.2. The lowest BCUT2D eigenvalue weighted by Crippen LogP contribution is -2.66. The fourth-order valence-corrected chi connectivity index (χ4v) is 30.8. The quantitative estimate of drug-likeness (QED) is 0.120. The molecular weight excluding hydrogens is 673 g/mol. The molecule has 2 aromatic carbocycles. The fourth-order valence-electron chi connectivity index (χ4n) is 5.88. The van der Waals surface area contributed by atoms with Crippen LogP contribution in [0.2, 0.25) is 38.3 Å². The van der Waals surface area contributed by atoms with Gasteiger partial charge in [0.1, 0.15) is 0 Å². The summed E-state index contributed by atoms with van der Waals surface area (Å²) >= 11 is 0. The topological polar surface area (TPSA) is 55.4 Å². The van der Waals surface area contributed by atoms with Gasteiger partial charge >= 0.3 is 34.2 Å². The van der Waals surface area contributed by atoms with Gasteiger partial charge in [0.25, 0.3) is 16.6 Å². The van der Waals surface area contributed by atoms with Gasteiger partial charge in [0.05, 0.1) is 0 Å². The van der Waals surface area contributed by atoms with Crippen LogP contribution >= 0.6 is 0 Å². The number of rotatable bonds is 18. The Hall–Kier alpha value is -2.06. The largest absolute Gasteiger partial charge is 0.413 e. The van der Waals surface area contributed by atoms with E-state index < -0.39 is 50.9 Å². The van der Waals surface area contributed by atoms with Crippen molar-refractivity contribution in [1.82, 2.24) is 0 Å². The molecule has 248 valence electrons. The van der Waals surface area contributed by atoms with Crippen LogP contribution in [0, 0.1) is 0 Å². The third-order valence-corrected chi connectivity index (χ3v) is 32.0. The summed E-state index contributed by atoms with van der Waals surface area (Å²) in [5.74, 6) is 0. The molecule has 0 saturated carbocycles. The van der Waals surface area contributed by atoms with Crippen molar-refractivity contribution in [2.24, 2.45) is 0 Å². The van der Waals surface area contributed by atoms with Crippen LogP contribution in [0.15, 0.2) is 134 Å². The molecule has 6 nitrogen and oxygen atoms in total. The molecule has 1 heterocycles. The van der Waals surface area contributed by atoms with Crippen molar-refractivity contribution in [3.8, 4) is 0 Å². The summed E-state index contributed by atoms with van der Waals surface area (Å²) in [6.45, 7) is 34.0. The third-order valence-electron chi connectivity index (χ3n) is 8.31. The van der Waals surface area contributed by atoms with Crippen molar-refractivity contribution >= 4 is 61.3 Å². The molecular formula is C34H52O6Si6. The van der Waals surface area contributed by atoms with E-state index in [9.17, 15) is 0 Å². The number of hydrogen-bond donors (Lipinski definition) is 0. The lowest BCUT2D eigenvalue weighted by Gasteiger charge is -2.48. The monoisotopic (exact) mass is 724 g/mol.